The van der Waals surface area contributed by atoms with Crippen molar-refractivity contribution in [2.24, 2.45) is 0 Å². The molecule has 2 aromatic carbocycles. The van der Waals surface area contributed by atoms with Gasteiger partial charge < -0.3 is 4.98 Å². The molecule has 0 amide bonds. The summed E-state index contributed by atoms with van der Waals surface area (Å²) in [5, 5.41) is 0.108. The van der Waals surface area contributed by atoms with Crippen LogP contribution in [-0.4, -0.2) is 30.9 Å². The number of pyridine rings is 1. The van der Waals surface area contributed by atoms with Gasteiger partial charge in [0.05, 0.1) is 10.9 Å². The molecule has 0 saturated carbocycles. The summed E-state index contributed by atoms with van der Waals surface area (Å²) in [6, 6.07) is 6.50. The van der Waals surface area contributed by atoms with E-state index in [-0.39, 0.29) is 16.3 Å². The largest absolute Gasteiger partial charge is 0.361 e. The highest BCUT2D eigenvalue weighted by atomic mass is 32.2. The first-order chi connectivity index (χ1) is 10.6. The molecule has 1 aromatic heterocycles. The molecule has 0 bridgehead atoms. The zero-order valence-corrected chi connectivity index (χ0v) is 12.8. The van der Waals surface area contributed by atoms with E-state index in [2.05, 4.69) is 4.98 Å². The first-order valence-corrected chi connectivity index (χ1v) is 9.01. The summed E-state index contributed by atoms with van der Waals surface area (Å²) in [6.07, 6.45) is 1.47. The molecular weight excluding hydrogens is 346 g/mol. The van der Waals surface area contributed by atoms with Gasteiger partial charge in [0, 0.05) is 11.6 Å². The van der Waals surface area contributed by atoms with Gasteiger partial charge in [0.2, 0.25) is 5.43 Å². The van der Waals surface area contributed by atoms with E-state index in [0.717, 1.165) is 0 Å². The Kier molecular flexibility index (Phi) is 3.30. The van der Waals surface area contributed by atoms with Crippen molar-refractivity contribution in [3.05, 3.63) is 46.8 Å². The van der Waals surface area contributed by atoms with Gasteiger partial charge in [-0.05, 0) is 17.5 Å². The molecule has 3 aromatic rings. The van der Waals surface area contributed by atoms with Crippen LogP contribution < -0.4 is 5.43 Å². The quantitative estimate of drug-likeness (QED) is 0.463. The van der Waals surface area contributed by atoms with E-state index < -0.39 is 35.5 Å². The maximum Gasteiger partial charge on any atom is 0.298 e. The van der Waals surface area contributed by atoms with Crippen molar-refractivity contribution in [3.63, 3.8) is 0 Å². The third-order valence-electron chi connectivity index (χ3n) is 3.37. The highest BCUT2D eigenvalue weighted by molar-refractivity contribution is 7.86. The smallest absolute Gasteiger partial charge is 0.298 e. The fraction of sp³-hybridized carbons (Fsp3) is 0. The number of fused-ring (bicyclic) bond motifs is 3. The van der Waals surface area contributed by atoms with Gasteiger partial charge in [-0.25, -0.2) is 0 Å². The Morgan fingerprint density at radius 1 is 0.913 bits per heavy atom. The van der Waals surface area contributed by atoms with Crippen LogP contribution in [0, 0.1) is 0 Å². The van der Waals surface area contributed by atoms with Crippen LogP contribution in [0.4, 0.5) is 0 Å². The molecule has 0 aliphatic carbocycles. The zero-order chi connectivity index (χ0) is 17.0. The Morgan fingerprint density at radius 2 is 1.57 bits per heavy atom. The molecule has 0 unspecified atom stereocenters. The van der Waals surface area contributed by atoms with Crippen LogP contribution in [0.15, 0.2) is 51.1 Å². The van der Waals surface area contributed by atoms with E-state index in [4.69, 9.17) is 0 Å². The molecule has 0 aliphatic rings. The zero-order valence-electron chi connectivity index (χ0n) is 11.2. The van der Waals surface area contributed by atoms with Crippen LogP contribution in [0.1, 0.15) is 0 Å². The second-order valence-corrected chi connectivity index (χ2v) is 7.55. The number of nitrogens with one attached hydrogen (secondary N) is 1. The maximum absolute atomic E-state index is 12.4. The van der Waals surface area contributed by atoms with Gasteiger partial charge >= 0.3 is 0 Å². The van der Waals surface area contributed by atoms with E-state index in [1.165, 1.54) is 18.3 Å². The summed E-state index contributed by atoms with van der Waals surface area (Å²) >= 11 is 0. The lowest BCUT2D eigenvalue weighted by Gasteiger charge is -2.08. The van der Waals surface area contributed by atoms with Crippen molar-refractivity contribution in [2.45, 2.75) is 9.79 Å². The number of hydrogen-bond donors (Lipinski definition) is 3. The molecule has 0 radical (unpaired) electrons. The molecule has 1 heterocycles. The van der Waals surface area contributed by atoms with Gasteiger partial charge in [0.15, 0.2) is 0 Å². The van der Waals surface area contributed by atoms with Crippen LogP contribution in [0.2, 0.25) is 0 Å². The van der Waals surface area contributed by atoms with Crippen molar-refractivity contribution in [2.75, 3.05) is 0 Å². The summed E-state index contributed by atoms with van der Waals surface area (Å²) in [6.45, 7) is 0. The van der Waals surface area contributed by atoms with Crippen LogP contribution in [0.25, 0.3) is 21.7 Å². The van der Waals surface area contributed by atoms with Crippen molar-refractivity contribution >= 4 is 41.9 Å². The second kappa shape index (κ2) is 4.86. The number of benzene rings is 2. The van der Waals surface area contributed by atoms with E-state index in [0.29, 0.717) is 11.5 Å². The van der Waals surface area contributed by atoms with E-state index in [9.17, 15) is 30.7 Å². The van der Waals surface area contributed by atoms with Gasteiger partial charge in [-0.15, -0.1) is 0 Å². The number of aromatic amines is 1. The average molecular weight is 355 g/mol. The predicted molar refractivity (Wildman–Crippen MR) is 81.7 cm³/mol. The molecule has 0 saturated heterocycles. The Morgan fingerprint density at radius 3 is 2.17 bits per heavy atom. The first-order valence-electron chi connectivity index (χ1n) is 6.13. The highest BCUT2D eigenvalue weighted by Crippen LogP contribution is 2.28. The molecule has 8 nitrogen and oxygen atoms in total. The molecule has 3 rings (SSSR count). The summed E-state index contributed by atoms with van der Waals surface area (Å²) in [5.74, 6) is 0. The topological polar surface area (TPSA) is 142 Å². The fourth-order valence-electron chi connectivity index (χ4n) is 2.43. The Bertz CT molecular complexity index is 1220. The maximum atomic E-state index is 12.4. The highest BCUT2D eigenvalue weighted by Gasteiger charge is 2.25. The van der Waals surface area contributed by atoms with Crippen LogP contribution >= 0.6 is 0 Å². The van der Waals surface area contributed by atoms with Crippen molar-refractivity contribution in [1.29, 1.82) is 0 Å². The van der Waals surface area contributed by atoms with E-state index >= 15 is 0 Å². The molecule has 0 aliphatic heterocycles. The number of rotatable bonds is 2. The lowest BCUT2D eigenvalue weighted by atomic mass is 10.1. The first kappa shape index (κ1) is 15.6. The van der Waals surface area contributed by atoms with E-state index in [1.807, 2.05) is 0 Å². The lowest BCUT2D eigenvalue weighted by Crippen LogP contribution is -2.17. The molecule has 120 valence electrons. The average Bonchev–Trinajstić information content (AvgIpc) is 2.44. The molecule has 0 fully saturated rings. The Hall–Kier alpha value is -2.27. The summed E-state index contributed by atoms with van der Waals surface area (Å²) < 4.78 is 64.3. The molecule has 23 heavy (non-hydrogen) atoms. The second-order valence-electron chi connectivity index (χ2n) is 4.77. The van der Waals surface area contributed by atoms with Crippen molar-refractivity contribution in [3.8, 4) is 0 Å². The van der Waals surface area contributed by atoms with Gasteiger partial charge in [-0.3, -0.25) is 13.9 Å². The minimum atomic E-state index is -4.98. The van der Waals surface area contributed by atoms with Crippen LogP contribution in [0.5, 0.6) is 0 Å². The summed E-state index contributed by atoms with van der Waals surface area (Å²) in [5.41, 5.74) is -0.881. The minimum Gasteiger partial charge on any atom is -0.361 e. The van der Waals surface area contributed by atoms with Gasteiger partial charge in [-0.2, -0.15) is 16.8 Å². The Balaban J connectivity index is 2.74. The standard InChI is InChI=1S/C13H9NO7S2/c15-13-10(23(19,20)21)6-9(22(16,17)18)8-4-3-7-2-1-5-14-12(7)11(8)13/h1-6,14H,(H,16,17,18)(H,19,20,21). The predicted octanol–water partition coefficient (Wildman–Crippen LogP) is 1.17. The number of hydrogen-bond acceptors (Lipinski definition) is 5. The van der Waals surface area contributed by atoms with Gasteiger partial charge in [0.25, 0.3) is 20.2 Å². The third-order valence-corrected chi connectivity index (χ3v) is 5.12. The molecule has 3 N–H and O–H groups in total. The third kappa shape index (κ3) is 2.51. The van der Waals surface area contributed by atoms with Gasteiger partial charge in [-0.1, -0.05) is 18.2 Å². The minimum absolute atomic E-state index is 0.153. The SMILES string of the molecule is O=c1c(S(=O)(=O)O)cc(S(=O)(=O)O)c2ccc3ccc[nH]c3c12. The Labute approximate surface area is 129 Å². The van der Waals surface area contributed by atoms with Crippen LogP contribution in [-0.2, 0) is 20.2 Å². The van der Waals surface area contributed by atoms with E-state index in [1.54, 1.807) is 12.1 Å². The summed E-state index contributed by atoms with van der Waals surface area (Å²) in [4.78, 5) is 13.3. The molecule has 0 spiro atoms. The summed E-state index contributed by atoms with van der Waals surface area (Å²) in [7, 11) is -9.80. The van der Waals surface area contributed by atoms with Crippen LogP contribution in [0.3, 0.4) is 0 Å². The molecular formula is C13H9NO7S2. The lowest BCUT2D eigenvalue weighted by molar-refractivity contribution is 0.481. The number of aromatic nitrogens is 1. The normalized spacial score (nSPS) is 12.8. The molecule has 10 heteroatoms. The fourth-order valence-corrected chi connectivity index (χ4v) is 3.82. The van der Waals surface area contributed by atoms with Gasteiger partial charge in [0.1, 0.15) is 9.79 Å². The van der Waals surface area contributed by atoms with Crippen molar-refractivity contribution in [1.82, 2.24) is 4.98 Å². The number of H-pyrrole nitrogens is 1. The van der Waals surface area contributed by atoms with Crippen molar-refractivity contribution < 1.29 is 25.9 Å². The molecule has 0 atom stereocenters. The monoisotopic (exact) mass is 355 g/mol.